The summed E-state index contributed by atoms with van der Waals surface area (Å²) >= 11 is 3.45. The van der Waals surface area contributed by atoms with Crippen LogP contribution >= 0.6 is 15.9 Å². The van der Waals surface area contributed by atoms with Crippen LogP contribution in [0.3, 0.4) is 0 Å². The van der Waals surface area contributed by atoms with Crippen LogP contribution in [0, 0.1) is 6.92 Å². The molecule has 0 aliphatic heterocycles. The summed E-state index contributed by atoms with van der Waals surface area (Å²) in [7, 11) is 0. The maximum Gasteiger partial charge on any atom is 0.261 e. The van der Waals surface area contributed by atoms with Crippen molar-refractivity contribution in [2.75, 3.05) is 0 Å². The van der Waals surface area contributed by atoms with Crippen LogP contribution in [0.2, 0.25) is 0 Å². The Morgan fingerprint density at radius 1 is 1.17 bits per heavy atom. The van der Waals surface area contributed by atoms with Crippen LogP contribution in [0.5, 0.6) is 0 Å². The molecule has 1 N–H and O–H groups in total. The summed E-state index contributed by atoms with van der Waals surface area (Å²) in [5.74, 6) is 0.294. The first-order valence-corrected chi connectivity index (χ1v) is 8.32. The number of nitrogens with zero attached hydrogens (tertiary/aromatic N) is 2. The van der Waals surface area contributed by atoms with Crippen LogP contribution in [-0.2, 0) is 17.9 Å². The number of hydrogen-bond donors (Lipinski definition) is 1. The monoisotopic (exact) mass is 385 g/mol. The number of nitrogens with one attached hydrogen (secondary N) is 1. The number of amides is 1. The van der Waals surface area contributed by atoms with Gasteiger partial charge in [0, 0.05) is 11.0 Å². The fourth-order valence-corrected chi connectivity index (χ4v) is 2.93. The summed E-state index contributed by atoms with van der Waals surface area (Å²) < 4.78 is 2.34. The molecule has 2 aromatic carbocycles. The normalized spacial score (nSPS) is 10.8. The van der Waals surface area contributed by atoms with E-state index >= 15 is 0 Å². The van der Waals surface area contributed by atoms with Gasteiger partial charge in [0.05, 0.1) is 10.9 Å². The Balaban J connectivity index is 1.78. The minimum Gasteiger partial charge on any atom is -0.350 e. The van der Waals surface area contributed by atoms with Gasteiger partial charge in [0.2, 0.25) is 5.91 Å². The van der Waals surface area contributed by atoms with E-state index in [0.29, 0.717) is 23.3 Å². The highest BCUT2D eigenvalue weighted by Crippen LogP contribution is 2.15. The Morgan fingerprint density at radius 2 is 1.88 bits per heavy atom. The molecular weight excluding hydrogens is 370 g/mol. The fourth-order valence-electron chi connectivity index (χ4n) is 2.50. The summed E-state index contributed by atoms with van der Waals surface area (Å²) in [6.07, 6.45) is 0. The highest BCUT2D eigenvalue weighted by atomic mass is 79.9. The third kappa shape index (κ3) is 3.38. The van der Waals surface area contributed by atoms with Crippen LogP contribution in [0.15, 0.2) is 57.8 Å². The van der Waals surface area contributed by atoms with Crippen molar-refractivity contribution in [2.45, 2.75) is 20.0 Å². The maximum atomic E-state index is 12.5. The van der Waals surface area contributed by atoms with Gasteiger partial charge in [-0.25, -0.2) is 4.98 Å². The Kier molecular flexibility index (Phi) is 4.76. The highest BCUT2D eigenvalue weighted by Gasteiger charge is 2.11. The molecule has 122 valence electrons. The molecule has 0 spiro atoms. The molecule has 1 amide bonds. The van der Waals surface area contributed by atoms with Gasteiger partial charge in [-0.05, 0) is 30.7 Å². The zero-order valence-corrected chi connectivity index (χ0v) is 14.7. The van der Waals surface area contributed by atoms with E-state index in [1.165, 1.54) is 4.57 Å². The largest absolute Gasteiger partial charge is 0.350 e. The lowest BCUT2D eigenvalue weighted by atomic mass is 10.2. The topological polar surface area (TPSA) is 64.0 Å². The molecule has 0 bridgehead atoms. The molecule has 0 aliphatic carbocycles. The Labute approximate surface area is 147 Å². The fraction of sp³-hybridized carbons (Fsp3) is 0.167. The smallest absolute Gasteiger partial charge is 0.261 e. The number of aryl methyl sites for hydroxylation is 1. The predicted octanol–water partition coefficient (Wildman–Crippen LogP) is 2.78. The summed E-state index contributed by atoms with van der Waals surface area (Å²) in [4.78, 5) is 29.2. The quantitative estimate of drug-likeness (QED) is 0.750. The first kappa shape index (κ1) is 16.4. The van der Waals surface area contributed by atoms with Gasteiger partial charge in [-0.1, -0.05) is 46.3 Å². The Morgan fingerprint density at radius 3 is 2.67 bits per heavy atom. The molecule has 0 unspecified atom stereocenters. The van der Waals surface area contributed by atoms with Gasteiger partial charge in [-0.3, -0.25) is 14.2 Å². The van der Waals surface area contributed by atoms with Gasteiger partial charge in [0.25, 0.3) is 5.56 Å². The van der Waals surface area contributed by atoms with Crippen molar-refractivity contribution in [1.82, 2.24) is 14.9 Å². The SMILES string of the molecule is Cc1nc2ccccc2c(=O)n1CC(=O)NCc1ccccc1Br. The number of halogens is 1. The molecule has 1 heterocycles. The number of hydrogen-bond acceptors (Lipinski definition) is 3. The average molecular weight is 386 g/mol. The molecule has 3 aromatic rings. The molecular formula is C18H16BrN3O2. The van der Waals surface area contributed by atoms with E-state index < -0.39 is 0 Å². The van der Waals surface area contributed by atoms with Gasteiger partial charge in [0.15, 0.2) is 0 Å². The van der Waals surface area contributed by atoms with Crippen molar-refractivity contribution in [3.63, 3.8) is 0 Å². The Bertz CT molecular complexity index is 966. The van der Waals surface area contributed by atoms with Gasteiger partial charge >= 0.3 is 0 Å². The number of benzene rings is 2. The lowest BCUT2D eigenvalue weighted by Crippen LogP contribution is -2.33. The summed E-state index contributed by atoms with van der Waals surface area (Å²) in [5, 5.41) is 3.35. The highest BCUT2D eigenvalue weighted by molar-refractivity contribution is 9.10. The molecule has 3 rings (SSSR count). The van der Waals surface area contributed by atoms with Gasteiger partial charge in [0.1, 0.15) is 12.4 Å². The summed E-state index contributed by atoms with van der Waals surface area (Å²) in [6, 6.07) is 14.8. The van der Waals surface area contributed by atoms with Crippen molar-refractivity contribution < 1.29 is 4.79 Å². The second kappa shape index (κ2) is 6.97. The molecule has 5 nitrogen and oxygen atoms in total. The van der Waals surface area contributed by atoms with E-state index in [1.54, 1.807) is 25.1 Å². The number of para-hydroxylation sites is 1. The van der Waals surface area contributed by atoms with Crippen molar-refractivity contribution >= 4 is 32.7 Å². The summed E-state index contributed by atoms with van der Waals surface area (Å²) in [5.41, 5.74) is 1.42. The van der Waals surface area contributed by atoms with Gasteiger partial charge < -0.3 is 5.32 Å². The first-order chi connectivity index (χ1) is 11.6. The van der Waals surface area contributed by atoms with Gasteiger partial charge in [-0.2, -0.15) is 0 Å². The lowest BCUT2D eigenvalue weighted by molar-refractivity contribution is -0.121. The average Bonchev–Trinajstić information content (AvgIpc) is 2.58. The van der Waals surface area contributed by atoms with Crippen molar-refractivity contribution in [3.05, 3.63) is 74.7 Å². The molecule has 0 saturated heterocycles. The molecule has 0 saturated carbocycles. The first-order valence-electron chi connectivity index (χ1n) is 7.52. The molecule has 0 atom stereocenters. The number of rotatable bonds is 4. The molecule has 0 fully saturated rings. The lowest BCUT2D eigenvalue weighted by Gasteiger charge is -2.11. The number of carbonyl (C=O) groups excluding carboxylic acids is 1. The molecule has 1 aromatic heterocycles. The maximum absolute atomic E-state index is 12.5. The van der Waals surface area contributed by atoms with E-state index in [2.05, 4.69) is 26.2 Å². The Hall–Kier alpha value is -2.47. The van der Waals surface area contributed by atoms with E-state index in [1.807, 2.05) is 30.3 Å². The summed E-state index contributed by atoms with van der Waals surface area (Å²) in [6.45, 7) is 2.08. The number of fused-ring (bicyclic) bond motifs is 1. The third-order valence-electron chi connectivity index (χ3n) is 3.79. The standard InChI is InChI=1S/C18H16BrN3O2/c1-12-21-16-9-5-3-7-14(16)18(24)22(12)11-17(23)20-10-13-6-2-4-8-15(13)19/h2-9H,10-11H2,1H3,(H,20,23). The van der Waals surface area contributed by atoms with Gasteiger partial charge in [-0.15, -0.1) is 0 Å². The van der Waals surface area contributed by atoms with Crippen LogP contribution in [0.4, 0.5) is 0 Å². The molecule has 0 aliphatic rings. The predicted molar refractivity (Wildman–Crippen MR) is 96.7 cm³/mol. The number of aromatic nitrogens is 2. The van der Waals surface area contributed by atoms with Crippen molar-refractivity contribution in [1.29, 1.82) is 0 Å². The zero-order chi connectivity index (χ0) is 17.1. The van der Waals surface area contributed by atoms with Crippen molar-refractivity contribution in [2.24, 2.45) is 0 Å². The van der Waals surface area contributed by atoms with Crippen LogP contribution in [-0.4, -0.2) is 15.5 Å². The second-order valence-electron chi connectivity index (χ2n) is 5.44. The minimum absolute atomic E-state index is 0.0487. The van der Waals surface area contributed by atoms with Crippen LogP contribution in [0.25, 0.3) is 10.9 Å². The number of carbonyl (C=O) groups is 1. The molecule has 6 heteroatoms. The van der Waals surface area contributed by atoms with Crippen LogP contribution < -0.4 is 10.9 Å². The third-order valence-corrected chi connectivity index (χ3v) is 4.56. The molecule has 24 heavy (non-hydrogen) atoms. The van der Waals surface area contributed by atoms with E-state index in [4.69, 9.17) is 0 Å². The van der Waals surface area contributed by atoms with E-state index in [-0.39, 0.29) is 18.0 Å². The van der Waals surface area contributed by atoms with Crippen molar-refractivity contribution in [3.8, 4) is 0 Å². The van der Waals surface area contributed by atoms with E-state index in [9.17, 15) is 9.59 Å². The van der Waals surface area contributed by atoms with E-state index in [0.717, 1.165) is 10.0 Å². The minimum atomic E-state index is -0.229. The zero-order valence-electron chi connectivity index (χ0n) is 13.1. The second-order valence-corrected chi connectivity index (χ2v) is 6.29. The molecule has 0 radical (unpaired) electrons. The van der Waals surface area contributed by atoms with Crippen LogP contribution in [0.1, 0.15) is 11.4 Å².